The first-order valence-corrected chi connectivity index (χ1v) is 12.4. The van der Waals surface area contributed by atoms with Crippen molar-refractivity contribution in [3.05, 3.63) is 108 Å². The Bertz CT molecular complexity index is 1330. The molecule has 1 N–H and O–H groups in total. The Morgan fingerprint density at radius 3 is 2.00 bits per heavy atom. The monoisotopic (exact) mass is 476 g/mol. The molecule has 0 saturated carbocycles. The van der Waals surface area contributed by atoms with E-state index in [9.17, 15) is 9.59 Å². The van der Waals surface area contributed by atoms with Crippen LogP contribution in [0.1, 0.15) is 52.0 Å². The Hall–Kier alpha value is -4.32. The van der Waals surface area contributed by atoms with Crippen LogP contribution in [0.2, 0.25) is 0 Å². The third-order valence-corrected chi connectivity index (χ3v) is 6.47. The van der Waals surface area contributed by atoms with Crippen LogP contribution in [-0.4, -0.2) is 35.0 Å². The van der Waals surface area contributed by atoms with E-state index in [-0.39, 0.29) is 11.7 Å². The molecule has 3 aromatic carbocycles. The van der Waals surface area contributed by atoms with Gasteiger partial charge >= 0.3 is 0 Å². The second-order valence-electron chi connectivity index (χ2n) is 8.95. The van der Waals surface area contributed by atoms with Crippen LogP contribution in [0.5, 0.6) is 0 Å². The molecule has 1 aromatic heterocycles. The Labute approximate surface area is 211 Å². The summed E-state index contributed by atoms with van der Waals surface area (Å²) in [5.41, 5.74) is 3.60. The largest absolute Gasteiger partial charge is 0.355 e. The van der Waals surface area contributed by atoms with Crippen molar-refractivity contribution >= 4 is 23.2 Å². The summed E-state index contributed by atoms with van der Waals surface area (Å²) in [4.78, 5) is 28.3. The summed E-state index contributed by atoms with van der Waals surface area (Å²) in [7, 11) is 0. The van der Waals surface area contributed by atoms with Gasteiger partial charge in [0.2, 0.25) is 0 Å². The summed E-state index contributed by atoms with van der Waals surface area (Å²) in [6.45, 7) is 2.06. The molecule has 1 fully saturated rings. The van der Waals surface area contributed by atoms with E-state index in [1.54, 1.807) is 36.4 Å². The number of rotatable bonds is 6. The normalized spacial score (nSPS) is 13.6. The molecule has 5 rings (SSSR count). The van der Waals surface area contributed by atoms with E-state index in [1.165, 1.54) is 25.7 Å². The minimum Gasteiger partial charge on any atom is -0.355 e. The number of aromatic nitrogens is 2. The van der Waals surface area contributed by atoms with Gasteiger partial charge in [-0.3, -0.25) is 9.59 Å². The highest BCUT2D eigenvalue weighted by Crippen LogP contribution is 2.23. The van der Waals surface area contributed by atoms with Crippen molar-refractivity contribution in [1.82, 2.24) is 10.2 Å². The zero-order valence-corrected chi connectivity index (χ0v) is 20.1. The quantitative estimate of drug-likeness (QED) is 0.345. The summed E-state index contributed by atoms with van der Waals surface area (Å²) < 4.78 is 0. The number of amides is 1. The Morgan fingerprint density at radius 1 is 0.667 bits per heavy atom. The van der Waals surface area contributed by atoms with E-state index in [1.807, 2.05) is 54.6 Å². The average Bonchev–Trinajstić information content (AvgIpc) is 3.23. The van der Waals surface area contributed by atoms with Crippen LogP contribution in [0.15, 0.2) is 91.0 Å². The molecule has 0 bridgehead atoms. The van der Waals surface area contributed by atoms with E-state index in [2.05, 4.69) is 20.4 Å². The molecule has 0 aliphatic carbocycles. The molecule has 2 heterocycles. The van der Waals surface area contributed by atoms with Crippen LogP contribution in [0.3, 0.4) is 0 Å². The predicted molar refractivity (Wildman–Crippen MR) is 142 cm³/mol. The van der Waals surface area contributed by atoms with E-state index in [0.29, 0.717) is 22.4 Å². The van der Waals surface area contributed by atoms with Crippen LogP contribution in [0, 0.1) is 0 Å². The second-order valence-corrected chi connectivity index (χ2v) is 8.95. The predicted octanol–water partition coefficient (Wildman–Crippen LogP) is 6.01. The van der Waals surface area contributed by atoms with Crippen molar-refractivity contribution in [2.24, 2.45) is 0 Å². The number of carbonyl (C=O) groups is 2. The van der Waals surface area contributed by atoms with Crippen LogP contribution in [0.25, 0.3) is 11.3 Å². The first-order chi connectivity index (χ1) is 17.7. The van der Waals surface area contributed by atoms with Gasteiger partial charge in [-0.15, -0.1) is 10.2 Å². The standard InChI is InChI=1S/C30H28N4O2/c35-29(23-10-4-3-5-11-23)25-12-6-7-13-26(25)30(36)31-24-16-14-22(15-17-24)27-18-19-28(33-32-27)34-20-8-1-2-9-21-34/h3-7,10-19H,1-2,8-9,20-21H2,(H,31,36). The summed E-state index contributed by atoms with van der Waals surface area (Å²) in [5.74, 6) is 0.413. The fraction of sp³-hybridized carbons (Fsp3) is 0.200. The number of hydrogen-bond donors (Lipinski definition) is 1. The zero-order chi connectivity index (χ0) is 24.7. The molecule has 1 aliphatic rings. The molecular formula is C30H28N4O2. The molecule has 0 radical (unpaired) electrons. The number of nitrogens with zero attached hydrogens (tertiary/aromatic N) is 3. The number of benzene rings is 3. The molecule has 0 spiro atoms. The van der Waals surface area contributed by atoms with E-state index >= 15 is 0 Å². The van der Waals surface area contributed by atoms with Crippen LogP contribution in [0.4, 0.5) is 11.5 Å². The maximum atomic E-state index is 13.0. The molecular weight excluding hydrogens is 448 g/mol. The van der Waals surface area contributed by atoms with E-state index in [4.69, 9.17) is 0 Å². The fourth-order valence-electron chi connectivity index (χ4n) is 4.49. The van der Waals surface area contributed by atoms with Gasteiger partial charge in [-0.2, -0.15) is 0 Å². The van der Waals surface area contributed by atoms with Gasteiger partial charge in [0.1, 0.15) is 0 Å². The Balaban J connectivity index is 1.28. The van der Waals surface area contributed by atoms with Gasteiger partial charge in [0.15, 0.2) is 11.6 Å². The minimum atomic E-state index is -0.329. The molecule has 6 heteroatoms. The number of anilines is 2. The van der Waals surface area contributed by atoms with Gasteiger partial charge in [0, 0.05) is 35.5 Å². The first-order valence-electron chi connectivity index (χ1n) is 12.4. The molecule has 1 amide bonds. The van der Waals surface area contributed by atoms with Crippen molar-refractivity contribution in [2.45, 2.75) is 25.7 Å². The van der Waals surface area contributed by atoms with Crippen molar-refractivity contribution in [3.63, 3.8) is 0 Å². The average molecular weight is 477 g/mol. The van der Waals surface area contributed by atoms with Gasteiger partial charge < -0.3 is 10.2 Å². The van der Waals surface area contributed by atoms with E-state index in [0.717, 1.165) is 30.2 Å². The lowest BCUT2D eigenvalue weighted by Crippen LogP contribution is -2.25. The number of ketones is 1. The smallest absolute Gasteiger partial charge is 0.256 e. The molecule has 0 atom stereocenters. The Morgan fingerprint density at radius 2 is 1.33 bits per heavy atom. The number of nitrogens with one attached hydrogen (secondary N) is 1. The lowest BCUT2D eigenvalue weighted by molar-refractivity contribution is 0.0996. The lowest BCUT2D eigenvalue weighted by atomic mass is 9.98. The van der Waals surface area contributed by atoms with Crippen LogP contribution < -0.4 is 10.2 Å². The highest BCUT2D eigenvalue weighted by molar-refractivity contribution is 6.17. The molecule has 180 valence electrons. The third kappa shape index (κ3) is 5.33. The van der Waals surface area contributed by atoms with Crippen LogP contribution >= 0.6 is 0 Å². The Kier molecular flexibility index (Phi) is 7.12. The zero-order valence-electron chi connectivity index (χ0n) is 20.1. The fourth-order valence-corrected chi connectivity index (χ4v) is 4.49. The molecule has 4 aromatic rings. The summed E-state index contributed by atoms with van der Waals surface area (Å²) in [6.07, 6.45) is 4.95. The molecule has 6 nitrogen and oxygen atoms in total. The highest BCUT2D eigenvalue weighted by Gasteiger charge is 2.18. The van der Waals surface area contributed by atoms with Gasteiger partial charge in [-0.25, -0.2) is 0 Å². The van der Waals surface area contributed by atoms with Crippen LogP contribution in [-0.2, 0) is 0 Å². The third-order valence-electron chi connectivity index (χ3n) is 6.47. The molecule has 36 heavy (non-hydrogen) atoms. The van der Waals surface area contributed by atoms with Crippen molar-refractivity contribution in [3.8, 4) is 11.3 Å². The number of carbonyl (C=O) groups excluding carboxylic acids is 2. The van der Waals surface area contributed by atoms with Crippen molar-refractivity contribution in [2.75, 3.05) is 23.3 Å². The second kappa shape index (κ2) is 11.0. The topological polar surface area (TPSA) is 75.2 Å². The highest BCUT2D eigenvalue weighted by atomic mass is 16.2. The first kappa shape index (κ1) is 23.4. The van der Waals surface area contributed by atoms with Gasteiger partial charge in [-0.05, 0) is 43.2 Å². The summed E-state index contributed by atoms with van der Waals surface area (Å²) in [5, 5.41) is 11.8. The summed E-state index contributed by atoms with van der Waals surface area (Å²) in [6, 6.07) is 27.4. The number of hydrogen-bond acceptors (Lipinski definition) is 5. The minimum absolute atomic E-state index is 0.182. The van der Waals surface area contributed by atoms with Crippen molar-refractivity contribution in [1.29, 1.82) is 0 Å². The maximum absolute atomic E-state index is 13.0. The van der Waals surface area contributed by atoms with Crippen molar-refractivity contribution < 1.29 is 9.59 Å². The van der Waals surface area contributed by atoms with Gasteiger partial charge in [0.25, 0.3) is 5.91 Å². The molecule has 1 aliphatic heterocycles. The molecule has 0 unspecified atom stereocenters. The summed E-state index contributed by atoms with van der Waals surface area (Å²) >= 11 is 0. The SMILES string of the molecule is O=C(Nc1ccc(-c2ccc(N3CCCCCC3)nn2)cc1)c1ccccc1C(=O)c1ccccc1. The van der Waals surface area contributed by atoms with Gasteiger partial charge in [-0.1, -0.05) is 73.5 Å². The molecule has 1 saturated heterocycles. The maximum Gasteiger partial charge on any atom is 0.256 e. The van der Waals surface area contributed by atoms with E-state index < -0.39 is 0 Å². The lowest BCUT2D eigenvalue weighted by Gasteiger charge is -2.20. The van der Waals surface area contributed by atoms with Gasteiger partial charge in [0.05, 0.1) is 11.3 Å².